The van der Waals surface area contributed by atoms with Crippen LogP contribution in [0.2, 0.25) is 0 Å². The Balaban J connectivity index is 1.87. The summed E-state index contributed by atoms with van der Waals surface area (Å²) in [7, 11) is 1.96. The van der Waals surface area contributed by atoms with Crippen molar-refractivity contribution in [1.29, 1.82) is 0 Å². The van der Waals surface area contributed by atoms with Gasteiger partial charge in [-0.3, -0.25) is 4.68 Å². The molecular weight excluding hydrogens is 345 g/mol. The lowest BCUT2D eigenvalue weighted by molar-refractivity contribution is 0.229. The largest absolute Gasteiger partial charge is 0.489 e. The minimum absolute atomic E-state index is 0.162. The molecule has 7 heteroatoms. The first kappa shape index (κ1) is 20.7. The van der Waals surface area contributed by atoms with E-state index in [2.05, 4.69) is 27.6 Å². The van der Waals surface area contributed by atoms with E-state index in [1.807, 2.05) is 32.5 Å². The average molecular weight is 375 g/mol. The van der Waals surface area contributed by atoms with Crippen molar-refractivity contribution in [1.82, 2.24) is 20.4 Å². The normalized spacial score (nSPS) is 12.7. The number of aliphatic imine (C=N–C) groups is 1. The van der Waals surface area contributed by atoms with E-state index in [0.29, 0.717) is 12.3 Å². The van der Waals surface area contributed by atoms with Gasteiger partial charge in [-0.15, -0.1) is 0 Å². The van der Waals surface area contributed by atoms with Gasteiger partial charge in [0.1, 0.15) is 17.7 Å². The molecule has 0 fully saturated rings. The number of ether oxygens (including phenoxy) is 1. The molecule has 1 unspecified atom stereocenters. The predicted molar refractivity (Wildman–Crippen MR) is 107 cm³/mol. The number of nitrogens with zero attached hydrogens (tertiary/aromatic N) is 3. The highest BCUT2D eigenvalue weighted by Gasteiger charge is 2.09. The standard InChI is InChI=1S/C20H30FN5O/c1-6-22-20(23-11-10-19-15(3)25-26(5)16(19)4)24-13-14(2)27-18-9-7-8-17(21)12-18/h7-9,12,14H,6,10-11,13H2,1-5H3,(H2,22,23,24). The zero-order valence-electron chi connectivity index (χ0n) is 16.8. The number of hydrogen-bond donors (Lipinski definition) is 2. The van der Waals surface area contributed by atoms with Crippen molar-refractivity contribution in [2.75, 3.05) is 19.6 Å². The fourth-order valence-electron chi connectivity index (χ4n) is 2.86. The molecule has 1 atom stereocenters. The molecule has 6 nitrogen and oxygen atoms in total. The fourth-order valence-corrected chi connectivity index (χ4v) is 2.86. The van der Waals surface area contributed by atoms with Gasteiger partial charge in [0.25, 0.3) is 0 Å². The van der Waals surface area contributed by atoms with E-state index in [9.17, 15) is 4.39 Å². The highest BCUT2D eigenvalue weighted by molar-refractivity contribution is 5.79. The Bertz CT molecular complexity index is 772. The SMILES string of the molecule is CCNC(=NCC(C)Oc1cccc(F)c1)NCCc1c(C)nn(C)c1C. The van der Waals surface area contributed by atoms with Crippen LogP contribution in [0.1, 0.15) is 30.8 Å². The van der Waals surface area contributed by atoms with Crippen molar-refractivity contribution >= 4 is 5.96 Å². The molecule has 1 aromatic heterocycles. The molecule has 0 saturated carbocycles. The zero-order valence-corrected chi connectivity index (χ0v) is 16.8. The molecule has 1 heterocycles. The molecule has 2 N–H and O–H groups in total. The van der Waals surface area contributed by atoms with E-state index in [4.69, 9.17) is 4.74 Å². The number of nitrogens with one attached hydrogen (secondary N) is 2. The molecule has 2 rings (SSSR count). The molecule has 148 valence electrons. The van der Waals surface area contributed by atoms with Gasteiger partial charge in [-0.05, 0) is 51.8 Å². The van der Waals surface area contributed by atoms with Crippen molar-refractivity contribution in [3.63, 3.8) is 0 Å². The lowest BCUT2D eigenvalue weighted by Crippen LogP contribution is -2.39. The number of guanidine groups is 1. The van der Waals surface area contributed by atoms with E-state index >= 15 is 0 Å². The van der Waals surface area contributed by atoms with Crippen LogP contribution in [0.25, 0.3) is 0 Å². The highest BCUT2D eigenvalue weighted by Crippen LogP contribution is 2.14. The van der Waals surface area contributed by atoms with Gasteiger partial charge in [0, 0.05) is 31.9 Å². The summed E-state index contributed by atoms with van der Waals surface area (Å²) in [6.45, 7) is 10.1. The Kier molecular flexibility index (Phi) is 7.64. The van der Waals surface area contributed by atoms with Crippen LogP contribution < -0.4 is 15.4 Å². The average Bonchev–Trinajstić information content (AvgIpc) is 2.85. The van der Waals surface area contributed by atoms with Crippen LogP contribution in [0, 0.1) is 19.7 Å². The molecule has 0 aliphatic rings. The summed E-state index contributed by atoms with van der Waals surface area (Å²) in [5.74, 6) is 0.948. The van der Waals surface area contributed by atoms with E-state index in [1.54, 1.807) is 12.1 Å². The molecule has 0 spiro atoms. The van der Waals surface area contributed by atoms with Gasteiger partial charge in [0.05, 0.1) is 12.2 Å². The van der Waals surface area contributed by atoms with Crippen LogP contribution >= 0.6 is 0 Å². The third-order valence-electron chi connectivity index (χ3n) is 4.31. The number of benzene rings is 1. The molecule has 27 heavy (non-hydrogen) atoms. The van der Waals surface area contributed by atoms with Crippen LogP contribution in [0.15, 0.2) is 29.3 Å². The number of rotatable bonds is 8. The minimum atomic E-state index is -0.306. The van der Waals surface area contributed by atoms with Crippen molar-refractivity contribution in [3.8, 4) is 5.75 Å². The molecule has 0 bridgehead atoms. The molecule has 2 aromatic rings. The minimum Gasteiger partial charge on any atom is -0.489 e. The lowest BCUT2D eigenvalue weighted by atomic mass is 10.1. The molecule has 0 saturated heterocycles. The highest BCUT2D eigenvalue weighted by atomic mass is 19.1. The summed E-state index contributed by atoms with van der Waals surface area (Å²) >= 11 is 0. The summed E-state index contributed by atoms with van der Waals surface area (Å²) in [5, 5.41) is 11.0. The van der Waals surface area contributed by atoms with E-state index in [1.165, 1.54) is 23.4 Å². The topological polar surface area (TPSA) is 63.5 Å². The van der Waals surface area contributed by atoms with Crippen LogP contribution in [0.5, 0.6) is 5.75 Å². The van der Waals surface area contributed by atoms with Gasteiger partial charge in [0.2, 0.25) is 0 Å². The molecule has 0 aliphatic carbocycles. The summed E-state index contributed by atoms with van der Waals surface area (Å²) in [6, 6.07) is 6.15. The number of hydrogen-bond acceptors (Lipinski definition) is 3. The monoisotopic (exact) mass is 375 g/mol. The van der Waals surface area contributed by atoms with Crippen LogP contribution in [0.4, 0.5) is 4.39 Å². The van der Waals surface area contributed by atoms with Crippen molar-refractivity contribution in [2.45, 2.75) is 40.2 Å². The first-order valence-corrected chi connectivity index (χ1v) is 9.34. The maximum atomic E-state index is 13.2. The smallest absolute Gasteiger partial charge is 0.191 e. The molecule has 0 radical (unpaired) electrons. The summed E-state index contributed by atoms with van der Waals surface area (Å²) < 4.78 is 20.9. The Labute approximate surface area is 160 Å². The van der Waals surface area contributed by atoms with Gasteiger partial charge < -0.3 is 15.4 Å². The maximum absolute atomic E-state index is 13.2. The van der Waals surface area contributed by atoms with Gasteiger partial charge in [-0.1, -0.05) is 6.07 Å². The lowest BCUT2D eigenvalue weighted by Gasteiger charge is -2.15. The quantitative estimate of drug-likeness (QED) is 0.550. The second-order valence-electron chi connectivity index (χ2n) is 6.56. The van der Waals surface area contributed by atoms with E-state index < -0.39 is 0 Å². The van der Waals surface area contributed by atoms with Crippen molar-refractivity contribution in [3.05, 3.63) is 47.0 Å². The molecule has 1 aromatic carbocycles. The third-order valence-corrected chi connectivity index (χ3v) is 4.31. The Morgan fingerprint density at radius 2 is 2.11 bits per heavy atom. The fraction of sp³-hybridized carbons (Fsp3) is 0.500. The van der Waals surface area contributed by atoms with Crippen molar-refractivity contribution in [2.24, 2.45) is 12.0 Å². The number of halogens is 1. The van der Waals surface area contributed by atoms with E-state index in [0.717, 1.165) is 31.2 Å². The van der Waals surface area contributed by atoms with Gasteiger partial charge >= 0.3 is 0 Å². The first-order valence-electron chi connectivity index (χ1n) is 9.34. The summed E-state index contributed by atoms with van der Waals surface area (Å²) in [4.78, 5) is 4.57. The van der Waals surface area contributed by atoms with Crippen LogP contribution in [0.3, 0.4) is 0 Å². The Hall–Kier alpha value is -2.57. The molecule has 0 aliphatic heterocycles. The van der Waals surface area contributed by atoms with Gasteiger partial charge in [-0.2, -0.15) is 5.10 Å². The summed E-state index contributed by atoms with van der Waals surface area (Å²) in [5.41, 5.74) is 3.52. The van der Waals surface area contributed by atoms with Crippen LogP contribution in [-0.2, 0) is 13.5 Å². The second kappa shape index (κ2) is 9.94. The molecule has 0 amide bonds. The summed E-state index contributed by atoms with van der Waals surface area (Å²) in [6.07, 6.45) is 0.718. The zero-order chi connectivity index (χ0) is 19.8. The number of aryl methyl sites for hydroxylation is 2. The van der Waals surface area contributed by atoms with Gasteiger partial charge in [0.15, 0.2) is 5.96 Å². The second-order valence-corrected chi connectivity index (χ2v) is 6.56. The predicted octanol–water partition coefficient (Wildman–Crippen LogP) is 2.74. The molecular formula is C20H30FN5O. The van der Waals surface area contributed by atoms with Crippen molar-refractivity contribution < 1.29 is 9.13 Å². The first-order chi connectivity index (χ1) is 12.9. The van der Waals surface area contributed by atoms with Gasteiger partial charge in [-0.25, -0.2) is 9.38 Å². The Morgan fingerprint density at radius 3 is 2.74 bits per heavy atom. The third kappa shape index (κ3) is 6.27. The number of aromatic nitrogens is 2. The van der Waals surface area contributed by atoms with E-state index in [-0.39, 0.29) is 11.9 Å². The van der Waals surface area contributed by atoms with Crippen LogP contribution in [-0.4, -0.2) is 41.5 Å². The maximum Gasteiger partial charge on any atom is 0.191 e. The Morgan fingerprint density at radius 1 is 1.33 bits per heavy atom.